The Labute approximate surface area is 128 Å². The molecular weight excluding hydrogens is 240 g/mol. The van der Waals surface area contributed by atoms with Gasteiger partial charge < -0.3 is 0 Å². The van der Waals surface area contributed by atoms with Gasteiger partial charge in [0.15, 0.2) is 0 Å². The molecule has 0 heterocycles. The Kier molecular flexibility index (Phi) is 5.60. The van der Waals surface area contributed by atoms with Crippen LogP contribution in [0.5, 0.6) is 0 Å². The topological polar surface area (TPSA) is 0 Å². The van der Waals surface area contributed by atoms with E-state index in [2.05, 4.69) is 34.6 Å². The minimum Gasteiger partial charge on any atom is -0.0625 e. The second kappa shape index (κ2) is 6.84. The van der Waals surface area contributed by atoms with Crippen LogP contribution in [0.15, 0.2) is 0 Å². The Morgan fingerprint density at radius 2 is 1.10 bits per heavy atom. The van der Waals surface area contributed by atoms with Gasteiger partial charge in [-0.1, -0.05) is 79.6 Å². The van der Waals surface area contributed by atoms with Crippen LogP contribution in [0.4, 0.5) is 0 Å². The van der Waals surface area contributed by atoms with E-state index in [4.69, 9.17) is 0 Å². The summed E-state index contributed by atoms with van der Waals surface area (Å²) in [5.74, 6) is 4.94. The molecule has 2 saturated carbocycles. The van der Waals surface area contributed by atoms with Crippen LogP contribution in [0.3, 0.4) is 0 Å². The molecule has 0 spiro atoms. The van der Waals surface area contributed by atoms with Gasteiger partial charge in [0, 0.05) is 0 Å². The molecule has 0 aromatic heterocycles. The van der Waals surface area contributed by atoms with Crippen molar-refractivity contribution in [1.82, 2.24) is 0 Å². The Bertz CT molecular complexity index is 290. The fourth-order valence-corrected chi connectivity index (χ4v) is 4.83. The highest BCUT2D eigenvalue weighted by Gasteiger charge is 2.56. The summed E-state index contributed by atoms with van der Waals surface area (Å²) in [6, 6.07) is 0. The summed E-state index contributed by atoms with van der Waals surface area (Å²) in [7, 11) is 0. The van der Waals surface area contributed by atoms with Crippen molar-refractivity contribution in [2.45, 2.75) is 92.4 Å². The zero-order valence-electron chi connectivity index (χ0n) is 14.8. The molecule has 3 unspecified atom stereocenters. The van der Waals surface area contributed by atoms with Crippen LogP contribution in [0.2, 0.25) is 0 Å². The average Bonchev–Trinajstić information content (AvgIpc) is 2.86. The molecule has 0 amide bonds. The molecule has 0 saturated heterocycles. The van der Waals surface area contributed by atoms with Crippen molar-refractivity contribution >= 4 is 0 Å². The van der Waals surface area contributed by atoms with E-state index in [9.17, 15) is 0 Å². The van der Waals surface area contributed by atoms with Crippen molar-refractivity contribution in [3.8, 4) is 0 Å². The molecule has 0 aromatic rings. The van der Waals surface area contributed by atoms with Gasteiger partial charge in [-0.05, 0) is 47.8 Å². The minimum absolute atomic E-state index is 0.654. The summed E-state index contributed by atoms with van der Waals surface area (Å²) in [6.07, 6.45) is 13.3. The van der Waals surface area contributed by atoms with E-state index in [1.165, 1.54) is 57.8 Å². The van der Waals surface area contributed by atoms with Gasteiger partial charge in [0.2, 0.25) is 0 Å². The van der Waals surface area contributed by atoms with E-state index in [0.29, 0.717) is 5.41 Å². The quantitative estimate of drug-likeness (QED) is 0.463. The van der Waals surface area contributed by atoms with Crippen LogP contribution < -0.4 is 0 Å². The molecule has 2 fully saturated rings. The highest BCUT2D eigenvalue weighted by molar-refractivity contribution is 5.04. The van der Waals surface area contributed by atoms with E-state index < -0.39 is 0 Å². The molecule has 0 aromatic carbocycles. The van der Waals surface area contributed by atoms with Crippen molar-refractivity contribution in [2.75, 3.05) is 0 Å². The summed E-state index contributed by atoms with van der Waals surface area (Å²) in [5, 5.41) is 0. The van der Waals surface area contributed by atoms with Crippen LogP contribution in [0.1, 0.15) is 92.4 Å². The summed E-state index contributed by atoms with van der Waals surface area (Å²) in [4.78, 5) is 0. The monoisotopic (exact) mass is 278 g/mol. The van der Waals surface area contributed by atoms with Gasteiger partial charge in [-0.15, -0.1) is 0 Å². The third kappa shape index (κ3) is 4.25. The average molecular weight is 279 g/mol. The molecule has 118 valence electrons. The Morgan fingerprint density at radius 3 is 1.70 bits per heavy atom. The van der Waals surface area contributed by atoms with Gasteiger partial charge in [-0.3, -0.25) is 0 Å². The lowest BCUT2D eigenvalue weighted by molar-refractivity contribution is 0.354. The van der Waals surface area contributed by atoms with Crippen molar-refractivity contribution in [3.05, 3.63) is 0 Å². The van der Waals surface area contributed by atoms with Crippen molar-refractivity contribution in [3.63, 3.8) is 0 Å². The summed E-state index contributed by atoms with van der Waals surface area (Å²) in [6.45, 7) is 12.5. The second-order valence-electron chi connectivity index (χ2n) is 9.02. The first-order chi connectivity index (χ1) is 9.41. The van der Waals surface area contributed by atoms with Gasteiger partial charge in [-0.25, -0.2) is 0 Å². The molecule has 5 atom stereocenters. The van der Waals surface area contributed by atoms with Crippen LogP contribution in [-0.4, -0.2) is 0 Å². The van der Waals surface area contributed by atoms with Crippen LogP contribution in [-0.2, 0) is 0 Å². The molecule has 2 rings (SSSR count). The molecule has 0 heteroatoms. The number of rotatable bonds is 0. The molecule has 20 heavy (non-hydrogen) atoms. The first kappa shape index (κ1) is 16.4. The maximum Gasteiger partial charge on any atom is -0.0292 e. The molecule has 2 aliphatic rings. The van der Waals surface area contributed by atoms with Crippen molar-refractivity contribution in [1.29, 1.82) is 0 Å². The lowest BCUT2D eigenvalue weighted by Crippen LogP contribution is -2.03. The molecule has 2 aliphatic carbocycles. The Morgan fingerprint density at radius 1 is 0.600 bits per heavy atom. The Hall–Kier alpha value is 0. The minimum atomic E-state index is 0.654. The highest BCUT2D eigenvalue weighted by Crippen LogP contribution is 2.63. The largest absolute Gasteiger partial charge is 0.0625 e. The predicted molar refractivity (Wildman–Crippen MR) is 89.8 cm³/mol. The normalized spacial score (nSPS) is 43.4. The maximum atomic E-state index is 2.53. The molecular formula is C20H38. The molecule has 0 bridgehead atoms. The molecule has 0 aliphatic heterocycles. The van der Waals surface area contributed by atoms with Gasteiger partial charge in [0.25, 0.3) is 0 Å². The highest BCUT2D eigenvalue weighted by atomic mass is 14.6. The number of hydrogen-bond acceptors (Lipinski definition) is 0. The first-order valence-electron chi connectivity index (χ1n) is 9.41. The van der Waals surface area contributed by atoms with Crippen LogP contribution in [0, 0.1) is 35.0 Å². The lowest BCUT2D eigenvalue weighted by atomic mass is 9.89. The van der Waals surface area contributed by atoms with E-state index in [0.717, 1.165) is 29.6 Å². The zero-order valence-corrected chi connectivity index (χ0v) is 14.8. The zero-order chi connectivity index (χ0) is 14.8. The van der Waals surface area contributed by atoms with Crippen LogP contribution in [0.25, 0.3) is 0 Å². The fraction of sp³-hybridized carbons (Fsp3) is 1.00. The smallest absolute Gasteiger partial charge is 0.0292 e. The van der Waals surface area contributed by atoms with Gasteiger partial charge in [0.1, 0.15) is 0 Å². The summed E-state index contributed by atoms with van der Waals surface area (Å²) >= 11 is 0. The van der Waals surface area contributed by atoms with Gasteiger partial charge >= 0.3 is 0 Å². The van der Waals surface area contributed by atoms with Gasteiger partial charge in [0.05, 0.1) is 0 Å². The first-order valence-corrected chi connectivity index (χ1v) is 9.41. The van der Waals surface area contributed by atoms with E-state index in [1.807, 2.05) is 0 Å². The number of fused-ring (bicyclic) bond motifs is 1. The standard InChI is InChI=1S/C20H38/c1-15-8-6-10-16(2)12-13-18-19(20(18,4)5)14-17(3)11-7-9-15/h15-19H,6-14H2,1-5H3/t15?,16?,17?,18-,19+/m0/s1. The molecule has 0 nitrogen and oxygen atoms in total. The molecule has 0 N–H and O–H groups in total. The Balaban J connectivity index is 1.89. The van der Waals surface area contributed by atoms with Crippen molar-refractivity contribution < 1.29 is 0 Å². The predicted octanol–water partition coefficient (Wildman–Crippen LogP) is 6.69. The third-order valence-electron chi connectivity index (χ3n) is 6.70. The molecule has 0 radical (unpaired) electrons. The van der Waals surface area contributed by atoms with E-state index >= 15 is 0 Å². The van der Waals surface area contributed by atoms with Gasteiger partial charge in [-0.2, -0.15) is 0 Å². The van der Waals surface area contributed by atoms with Crippen LogP contribution >= 0.6 is 0 Å². The second-order valence-corrected chi connectivity index (χ2v) is 9.02. The SMILES string of the molecule is CC1CCCC(C)CC[C@H]2[C@@H](CC(C)CCC1)C2(C)C. The summed E-state index contributed by atoms with van der Waals surface area (Å²) < 4.78 is 0. The van der Waals surface area contributed by atoms with Crippen molar-refractivity contribution in [2.24, 2.45) is 35.0 Å². The van der Waals surface area contributed by atoms with E-state index in [-0.39, 0.29) is 0 Å². The third-order valence-corrected chi connectivity index (χ3v) is 6.70. The van der Waals surface area contributed by atoms with E-state index in [1.54, 1.807) is 0 Å². The fourth-order valence-electron chi connectivity index (χ4n) is 4.83. The lowest BCUT2D eigenvalue weighted by Gasteiger charge is -2.17. The summed E-state index contributed by atoms with van der Waals surface area (Å²) in [5.41, 5.74) is 0.654. The maximum absolute atomic E-state index is 2.53. The number of hydrogen-bond donors (Lipinski definition) is 0.